The van der Waals surface area contributed by atoms with Crippen LogP contribution >= 0.6 is 0 Å². The Labute approximate surface area is 212 Å². The van der Waals surface area contributed by atoms with Crippen molar-refractivity contribution in [2.45, 2.75) is 102 Å². The maximum atomic E-state index is 2.64. The van der Waals surface area contributed by atoms with E-state index < -0.39 is 0 Å². The summed E-state index contributed by atoms with van der Waals surface area (Å²) in [6.45, 7) is 2.42. The third-order valence-corrected chi connectivity index (χ3v) is 10.7. The van der Waals surface area contributed by atoms with E-state index in [1.807, 2.05) is 0 Å². The van der Waals surface area contributed by atoms with Crippen molar-refractivity contribution in [1.82, 2.24) is 0 Å². The molecule has 1 aromatic heterocycles. The van der Waals surface area contributed by atoms with Gasteiger partial charge in [0.05, 0.1) is 10.9 Å². The minimum Gasteiger partial charge on any atom is -0.200 e. The molecule has 0 amide bonds. The Bertz CT molecular complexity index is 1260. The number of aryl methyl sites for hydroxylation is 1. The number of pyridine rings is 1. The molecule has 35 heavy (non-hydrogen) atoms. The van der Waals surface area contributed by atoms with E-state index >= 15 is 0 Å². The van der Waals surface area contributed by atoms with Gasteiger partial charge in [0.1, 0.15) is 7.05 Å². The molecule has 0 aliphatic heterocycles. The Morgan fingerprint density at radius 1 is 0.743 bits per heavy atom. The summed E-state index contributed by atoms with van der Waals surface area (Å²) >= 11 is 0. The SMILES string of the molecule is Cc1c(-c2c3ccc(C4CC5CCC4C5)cc3cc[n+]2C)cc(C2CCCC2)cc1C1CCCC1. The lowest BCUT2D eigenvalue weighted by molar-refractivity contribution is -0.659. The van der Waals surface area contributed by atoms with Crippen molar-refractivity contribution >= 4 is 10.8 Å². The van der Waals surface area contributed by atoms with Crippen LogP contribution in [0, 0.1) is 18.8 Å². The smallest absolute Gasteiger partial charge is 0.200 e. The number of fused-ring (bicyclic) bond motifs is 3. The van der Waals surface area contributed by atoms with Gasteiger partial charge in [-0.25, -0.2) is 4.57 Å². The highest BCUT2D eigenvalue weighted by Gasteiger charge is 2.40. The summed E-state index contributed by atoms with van der Waals surface area (Å²) in [7, 11) is 2.26. The van der Waals surface area contributed by atoms with Gasteiger partial charge in [0.25, 0.3) is 0 Å². The molecule has 1 nitrogen and oxygen atoms in total. The maximum Gasteiger partial charge on any atom is 0.220 e. The van der Waals surface area contributed by atoms with Crippen molar-refractivity contribution in [1.29, 1.82) is 0 Å². The zero-order chi connectivity index (χ0) is 23.5. The van der Waals surface area contributed by atoms with E-state index in [9.17, 15) is 0 Å². The first kappa shape index (κ1) is 22.1. The number of rotatable bonds is 4. The molecule has 4 fully saturated rings. The first-order chi connectivity index (χ1) is 17.2. The van der Waals surface area contributed by atoms with Crippen molar-refractivity contribution in [2.24, 2.45) is 18.9 Å². The molecule has 0 N–H and O–H groups in total. The number of aromatic nitrogens is 1. The van der Waals surface area contributed by atoms with Crippen LogP contribution in [0.25, 0.3) is 22.0 Å². The Hall–Kier alpha value is -2.15. The van der Waals surface area contributed by atoms with Gasteiger partial charge in [-0.2, -0.15) is 0 Å². The van der Waals surface area contributed by atoms with Crippen LogP contribution in [0.5, 0.6) is 0 Å². The molecular weight excluding hydrogens is 422 g/mol. The Balaban J connectivity index is 1.37. The average molecular weight is 465 g/mol. The summed E-state index contributed by atoms with van der Waals surface area (Å²) in [4.78, 5) is 0. The molecule has 4 aliphatic rings. The van der Waals surface area contributed by atoms with Crippen molar-refractivity contribution in [2.75, 3.05) is 0 Å². The molecule has 4 saturated carbocycles. The molecule has 3 unspecified atom stereocenters. The van der Waals surface area contributed by atoms with Crippen LogP contribution in [-0.4, -0.2) is 0 Å². The first-order valence-corrected chi connectivity index (χ1v) is 14.7. The lowest BCUT2D eigenvalue weighted by atomic mass is 9.82. The Kier molecular flexibility index (Phi) is 5.52. The first-order valence-electron chi connectivity index (χ1n) is 14.7. The molecule has 0 saturated heterocycles. The molecule has 3 aromatic rings. The summed E-state index contributed by atoms with van der Waals surface area (Å²) in [5, 5.41) is 2.87. The highest BCUT2D eigenvalue weighted by molar-refractivity contribution is 5.94. The van der Waals surface area contributed by atoms with Gasteiger partial charge in [-0.1, -0.05) is 50.3 Å². The van der Waals surface area contributed by atoms with Crippen LogP contribution in [0.2, 0.25) is 0 Å². The highest BCUT2D eigenvalue weighted by atomic mass is 14.9. The molecule has 182 valence electrons. The van der Waals surface area contributed by atoms with Crippen molar-refractivity contribution in [3.63, 3.8) is 0 Å². The van der Waals surface area contributed by atoms with Gasteiger partial charge in [0.15, 0.2) is 6.20 Å². The summed E-state index contributed by atoms with van der Waals surface area (Å²) in [6.07, 6.45) is 19.3. The van der Waals surface area contributed by atoms with Crippen LogP contribution in [0.4, 0.5) is 0 Å². The number of nitrogens with zero attached hydrogens (tertiary/aromatic N) is 1. The molecule has 7 rings (SSSR count). The van der Waals surface area contributed by atoms with Crippen LogP contribution in [0.1, 0.15) is 117 Å². The Morgan fingerprint density at radius 2 is 1.51 bits per heavy atom. The van der Waals surface area contributed by atoms with Gasteiger partial charge < -0.3 is 0 Å². The second-order valence-corrected chi connectivity index (χ2v) is 12.6. The molecule has 1 heteroatoms. The van der Waals surface area contributed by atoms with E-state index in [0.717, 1.165) is 29.6 Å². The fraction of sp³-hybridized carbons (Fsp3) is 0.559. The van der Waals surface area contributed by atoms with E-state index in [1.54, 1.807) is 22.3 Å². The molecule has 0 radical (unpaired) electrons. The zero-order valence-electron chi connectivity index (χ0n) is 21.9. The molecule has 2 bridgehead atoms. The van der Waals surface area contributed by atoms with E-state index in [0.29, 0.717) is 0 Å². The number of hydrogen-bond acceptors (Lipinski definition) is 0. The topological polar surface area (TPSA) is 3.88 Å². The van der Waals surface area contributed by atoms with Crippen LogP contribution < -0.4 is 4.57 Å². The molecule has 1 heterocycles. The monoisotopic (exact) mass is 464 g/mol. The third kappa shape index (κ3) is 3.76. The second-order valence-electron chi connectivity index (χ2n) is 12.6. The summed E-state index contributed by atoms with van der Waals surface area (Å²) in [5.41, 5.74) is 9.36. The van der Waals surface area contributed by atoms with E-state index in [2.05, 4.69) is 61.1 Å². The quantitative estimate of drug-likeness (QED) is 0.339. The number of benzene rings is 2. The summed E-state index contributed by atoms with van der Waals surface area (Å²) in [5.74, 6) is 4.27. The van der Waals surface area contributed by atoms with Crippen molar-refractivity contribution in [3.8, 4) is 11.3 Å². The normalized spacial score (nSPS) is 27.0. The predicted octanol–water partition coefficient (Wildman–Crippen LogP) is 8.86. The average Bonchev–Trinajstić information content (AvgIpc) is 3.69. The van der Waals surface area contributed by atoms with Gasteiger partial charge in [-0.05, 0) is 121 Å². The fourth-order valence-corrected chi connectivity index (χ4v) is 8.77. The van der Waals surface area contributed by atoms with Crippen LogP contribution in [-0.2, 0) is 7.05 Å². The minimum atomic E-state index is 0.763. The Morgan fingerprint density at radius 3 is 2.23 bits per heavy atom. The lowest BCUT2D eigenvalue weighted by Gasteiger charge is -2.23. The van der Waals surface area contributed by atoms with Crippen molar-refractivity contribution < 1.29 is 4.57 Å². The van der Waals surface area contributed by atoms with Gasteiger partial charge in [-0.15, -0.1) is 0 Å². The summed E-state index contributed by atoms with van der Waals surface area (Å²) in [6, 6.07) is 15.1. The van der Waals surface area contributed by atoms with E-state index in [4.69, 9.17) is 0 Å². The van der Waals surface area contributed by atoms with Gasteiger partial charge in [0, 0.05) is 6.07 Å². The zero-order valence-corrected chi connectivity index (χ0v) is 21.9. The third-order valence-electron chi connectivity index (χ3n) is 10.7. The largest absolute Gasteiger partial charge is 0.220 e. The molecule has 3 atom stereocenters. The van der Waals surface area contributed by atoms with Crippen LogP contribution in [0.15, 0.2) is 42.6 Å². The lowest BCUT2D eigenvalue weighted by Crippen LogP contribution is -2.31. The molecule has 4 aliphatic carbocycles. The fourth-order valence-electron chi connectivity index (χ4n) is 8.77. The minimum absolute atomic E-state index is 0.763. The van der Waals surface area contributed by atoms with Crippen LogP contribution in [0.3, 0.4) is 0 Å². The molecule has 0 spiro atoms. The second kappa shape index (κ2) is 8.75. The van der Waals surface area contributed by atoms with Gasteiger partial charge >= 0.3 is 0 Å². The molecule has 2 aromatic carbocycles. The molecular formula is C34H42N+. The maximum absolute atomic E-state index is 2.64. The van der Waals surface area contributed by atoms with E-state index in [1.165, 1.54) is 99.1 Å². The van der Waals surface area contributed by atoms with Gasteiger partial charge in [-0.3, -0.25) is 0 Å². The highest BCUT2D eigenvalue weighted by Crippen LogP contribution is 2.53. The number of hydrogen-bond donors (Lipinski definition) is 0. The van der Waals surface area contributed by atoms with Crippen molar-refractivity contribution in [3.05, 3.63) is 64.8 Å². The summed E-state index contributed by atoms with van der Waals surface area (Å²) < 4.78 is 2.40. The van der Waals surface area contributed by atoms with E-state index in [-0.39, 0.29) is 0 Å². The predicted molar refractivity (Wildman–Crippen MR) is 146 cm³/mol. The van der Waals surface area contributed by atoms with Gasteiger partial charge in [0.2, 0.25) is 5.69 Å². The standard InChI is InChI=1S/C34H42N/c1-22-31(25-9-5-6-10-25)20-29(24-7-3-4-8-24)21-32(22)34-30-14-13-27(19-28(30)15-16-35(34)2)33-18-23-11-12-26(33)17-23/h13-16,19-21,23-26,33H,3-12,17-18H2,1-2H3/q+1.